The Morgan fingerprint density at radius 2 is 2.18 bits per heavy atom. The van der Waals surface area contributed by atoms with Crippen molar-refractivity contribution in [2.45, 2.75) is 12.2 Å². The molecule has 0 bridgehead atoms. The number of rotatable bonds is 3. The zero-order valence-corrected chi connectivity index (χ0v) is 11.0. The number of ether oxygens (including phenoxy) is 2. The molecule has 0 amide bonds. The number of anilines is 1. The number of aliphatic imine (C=N–C) groups is 1. The van der Waals surface area contributed by atoms with Crippen molar-refractivity contribution in [3.63, 3.8) is 0 Å². The van der Waals surface area contributed by atoms with E-state index in [0.29, 0.717) is 5.25 Å². The van der Waals surface area contributed by atoms with Crippen LogP contribution in [0.1, 0.15) is 6.92 Å². The molecule has 0 aromatic heterocycles. The summed E-state index contributed by atoms with van der Waals surface area (Å²) in [6.07, 6.45) is 0. The fraction of sp³-hybridized carbons (Fsp3) is 0.417. The fourth-order valence-corrected chi connectivity index (χ4v) is 2.42. The number of methoxy groups -OCH3 is 2. The molecule has 2 rings (SSSR count). The Labute approximate surface area is 105 Å². The molecule has 1 aromatic rings. The predicted octanol–water partition coefficient (Wildman–Crippen LogP) is 2.61. The number of nitrogens with zero attached hydrogens (tertiary/aromatic N) is 1. The topological polar surface area (TPSA) is 42.9 Å². The van der Waals surface area contributed by atoms with Crippen LogP contribution >= 0.6 is 11.8 Å². The second-order valence-corrected chi connectivity index (χ2v) is 5.19. The van der Waals surface area contributed by atoms with Gasteiger partial charge in [-0.1, -0.05) is 18.7 Å². The van der Waals surface area contributed by atoms with E-state index in [-0.39, 0.29) is 0 Å². The van der Waals surface area contributed by atoms with Crippen LogP contribution in [0.3, 0.4) is 0 Å². The number of hydrogen-bond donors (Lipinski definition) is 1. The number of benzene rings is 1. The molecule has 0 saturated carbocycles. The maximum absolute atomic E-state index is 5.30. The summed E-state index contributed by atoms with van der Waals surface area (Å²) in [6.45, 7) is 3.02. The zero-order valence-electron chi connectivity index (χ0n) is 10.2. The van der Waals surface area contributed by atoms with Crippen LogP contribution in [-0.4, -0.2) is 31.2 Å². The molecule has 1 aliphatic heterocycles. The average Bonchev–Trinajstić information content (AvgIpc) is 2.74. The van der Waals surface area contributed by atoms with Gasteiger partial charge in [0.2, 0.25) is 0 Å². The van der Waals surface area contributed by atoms with Crippen molar-refractivity contribution in [3.05, 3.63) is 18.2 Å². The van der Waals surface area contributed by atoms with Gasteiger partial charge in [-0.3, -0.25) is 4.99 Å². The Morgan fingerprint density at radius 1 is 1.35 bits per heavy atom. The quantitative estimate of drug-likeness (QED) is 0.898. The molecule has 0 fully saturated rings. The highest BCUT2D eigenvalue weighted by atomic mass is 32.2. The molecule has 1 aliphatic rings. The summed E-state index contributed by atoms with van der Waals surface area (Å²) in [6, 6.07) is 5.66. The van der Waals surface area contributed by atoms with Crippen LogP contribution in [0.5, 0.6) is 11.5 Å². The van der Waals surface area contributed by atoms with Gasteiger partial charge in [-0.15, -0.1) is 0 Å². The summed E-state index contributed by atoms with van der Waals surface area (Å²) in [5, 5.41) is 4.74. The van der Waals surface area contributed by atoms with Crippen LogP contribution < -0.4 is 14.8 Å². The van der Waals surface area contributed by atoms with Crippen molar-refractivity contribution >= 4 is 22.6 Å². The van der Waals surface area contributed by atoms with E-state index in [1.165, 1.54) is 0 Å². The van der Waals surface area contributed by atoms with Crippen LogP contribution in [0.25, 0.3) is 0 Å². The van der Waals surface area contributed by atoms with E-state index in [0.717, 1.165) is 28.9 Å². The molecule has 5 heteroatoms. The predicted molar refractivity (Wildman–Crippen MR) is 72.5 cm³/mol. The molecule has 4 nitrogen and oxygen atoms in total. The molecular weight excluding hydrogens is 236 g/mol. The van der Waals surface area contributed by atoms with Crippen molar-refractivity contribution in [2.75, 3.05) is 26.1 Å². The normalized spacial score (nSPS) is 18.8. The van der Waals surface area contributed by atoms with Crippen LogP contribution in [0.4, 0.5) is 5.69 Å². The third kappa shape index (κ3) is 2.85. The fourth-order valence-electron chi connectivity index (χ4n) is 1.57. The van der Waals surface area contributed by atoms with Gasteiger partial charge in [0, 0.05) is 11.3 Å². The highest BCUT2D eigenvalue weighted by Gasteiger charge is 2.16. The number of amidine groups is 1. The molecule has 0 aliphatic carbocycles. The van der Waals surface area contributed by atoms with E-state index in [2.05, 4.69) is 17.2 Å². The van der Waals surface area contributed by atoms with Gasteiger partial charge in [0.05, 0.1) is 26.5 Å². The molecule has 1 unspecified atom stereocenters. The minimum absolute atomic E-state index is 0.536. The Balaban J connectivity index is 2.18. The summed E-state index contributed by atoms with van der Waals surface area (Å²) >= 11 is 1.74. The first-order valence-electron chi connectivity index (χ1n) is 5.43. The molecule has 0 saturated heterocycles. The molecule has 92 valence electrons. The number of thioether (sulfide) groups is 1. The van der Waals surface area contributed by atoms with Crippen molar-refractivity contribution in [2.24, 2.45) is 4.99 Å². The van der Waals surface area contributed by atoms with Crippen LogP contribution in [0.15, 0.2) is 23.2 Å². The van der Waals surface area contributed by atoms with Crippen molar-refractivity contribution < 1.29 is 9.47 Å². The second kappa shape index (κ2) is 5.31. The molecular formula is C12H16N2O2S. The van der Waals surface area contributed by atoms with E-state index in [1.54, 1.807) is 26.0 Å². The van der Waals surface area contributed by atoms with Gasteiger partial charge >= 0.3 is 0 Å². The van der Waals surface area contributed by atoms with Crippen LogP contribution in [0, 0.1) is 0 Å². The first-order valence-corrected chi connectivity index (χ1v) is 6.31. The Kier molecular flexibility index (Phi) is 3.78. The Bertz CT molecular complexity index is 435. The zero-order chi connectivity index (χ0) is 12.3. The Hall–Kier alpha value is -1.36. The lowest BCUT2D eigenvalue weighted by atomic mass is 10.3. The monoisotopic (exact) mass is 252 g/mol. The smallest absolute Gasteiger partial charge is 0.161 e. The van der Waals surface area contributed by atoms with E-state index in [9.17, 15) is 0 Å². The number of nitrogens with one attached hydrogen (secondary N) is 1. The van der Waals surface area contributed by atoms with E-state index in [1.807, 2.05) is 18.2 Å². The lowest BCUT2D eigenvalue weighted by Crippen LogP contribution is -2.07. The van der Waals surface area contributed by atoms with Crippen LogP contribution in [0.2, 0.25) is 0 Å². The van der Waals surface area contributed by atoms with E-state index < -0.39 is 0 Å². The number of hydrogen-bond acceptors (Lipinski definition) is 5. The minimum atomic E-state index is 0.536. The van der Waals surface area contributed by atoms with Gasteiger partial charge in [-0.2, -0.15) is 0 Å². The lowest BCUT2D eigenvalue weighted by Gasteiger charge is -2.12. The maximum atomic E-state index is 5.30. The highest BCUT2D eigenvalue weighted by Crippen LogP contribution is 2.31. The maximum Gasteiger partial charge on any atom is 0.161 e. The summed E-state index contributed by atoms with van der Waals surface area (Å²) in [5.41, 5.74) is 0.882. The molecule has 0 radical (unpaired) electrons. The van der Waals surface area contributed by atoms with E-state index >= 15 is 0 Å². The van der Waals surface area contributed by atoms with Gasteiger partial charge < -0.3 is 14.8 Å². The summed E-state index contributed by atoms with van der Waals surface area (Å²) in [5.74, 6) is 1.58. The largest absolute Gasteiger partial charge is 0.497 e. The molecule has 1 N–H and O–H groups in total. The van der Waals surface area contributed by atoms with Crippen molar-refractivity contribution in [1.29, 1.82) is 0 Å². The van der Waals surface area contributed by atoms with Crippen molar-refractivity contribution in [3.8, 4) is 11.5 Å². The van der Waals surface area contributed by atoms with Gasteiger partial charge in [-0.05, 0) is 12.1 Å². The van der Waals surface area contributed by atoms with Crippen molar-refractivity contribution in [1.82, 2.24) is 0 Å². The minimum Gasteiger partial charge on any atom is -0.497 e. The first-order chi connectivity index (χ1) is 8.22. The summed E-state index contributed by atoms with van der Waals surface area (Å²) < 4.78 is 10.5. The van der Waals surface area contributed by atoms with Gasteiger partial charge in [-0.25, -0.2) is 0 Å². The third-order valence-electron chi connectivity index (χ3n) is 2.45. The lowest BCUT2D eigenvalue weighted by molar-refractivity contribution is 0.405. The third-order valence-corrected chi connectivity index (χ3v) is 3.46. The first kappa shape index (κ1) is 12.1. The SMILES string of the molecule is COc1ccc(OC)c(NC2=NCC(C)S2)c1. The van der Waals surface area contributed by atoms with Gasteiger partial charge in [0.1, 0.15) is 11.5 Å². The second-order valence-electron chi connectivity index (χ2n) is 3.77. The molecule has 0 spiro atoms. The molecule has 17 heavy (non-hydrogen) atoms. The molecule has 1 aromatic carbocycles. The molecule has 1 heterocycles. The summed E-state index contributed by atoms with van der Waals surface area (Å²) in [4.78, 5) is 4.42. The van der Waals surface area contributed by atoms with E-state index in [4.69, 9.17) is 9.47 Å². The standard InChI is InChI=1S/C12H16N2O2S/c1-8-7-13-12(17-8)14-10-6-9(15-2)4-5-11(10)16-3/h4-6,8H,7H2,1-3H3,(H,13,14). The Morgan fingerprint density at radius 3 is 2.76 bits per heavy atom. The summed E-state index contributed by atoms with van der Waals surface area (Å²) in [7, 11) is 3.30. The van der Waals surface area contributed by atoms with Crippen LogP contribution in [-0.2, 0) is 0 Å². The highest BCUT2D eigenvalue weighted by molar-refractivity contribution is 8.15. The average molecular weight is 252 g/mol. The van der Waals surface area contributed by atoms with Gasteiger partial charge in [0.15, 0.2) is 5.17 Å². The van der Waals surface area contributed by atoms with Gasteiger partial charge in [0.25, 0.3) is 0 Å². The molecule has 1 atom stereocenters.